The largest absolute Gasteiger partial charge is 0.454 e. The number of benzene rings is 2. The van der Waals surface area contributed by atoms with Gasteiger partial charge < -0.3 is 9.47 Å². The predicted octanol–water partition coefficient (Wildman–Crippen LogP) is 4.28. The molecule has 2 nitrogen and oxygen atoms in total. The van der Waals surface area contributed by atoms with Crippen LogP contribution in [0.4, 0.5) is 0 Å². The summed E-state index contributed by atoms with van der Waals surface area (Å²) in [6.07, 6.45) is 1.07. The molecule has 1 heterocycles. The lowest BCUT2D eigenvalue weighted by Gasteiger charge is -2.13. The zero-order valence-corrected chi connectivity index (χ0v) is 11.3. The van der Waals surface area contributed by atoms with Gasteiger partial charge in [-0.2, -0.15) is 0 Å². The first-order valence-corrected chi connectivity index (χ1v) is 6.72. The zero-order chi connectivity index (χ0) is 13.2. The lowest BCUT2D eigenvalue weighted by Crippen LogP contribution is -1.97. The molecule has 19 heavy (non-hydrogen) atoms. The van der Waals surface area contributed by atoms with Crippen molar-refractivity contribution in [1.82, 2.24) is 0 Å². The topological polar surface area (TPSA) is 18.5 Å². The second kappa shape index (κ2) is 4.96. The second-order valence-corrected chi connectivity index (χ2v) is 5.29. The first-order chi connectivity index (χ1) is 9.25. The van der Waals surface area contributed by atoms with Crippen molar-refractivity contribution < 1.29 is 9.47 Å². The minimum atomic E-state index is 0.318. The molecule has 0 saturated carbocycles. The molecule has 0 radical (unpaired) electrons. The van der Waals surface area contributed by atoms with Gasteiger partial charge >= 0.3 is 0 Å². The van der Waals surface area contributed by atoms with Crippen molar-refractivity contribution in [2.75, 3.05) is 6.79 Å². The number of hydrogen-bond donors (Lipinski definition) is 0. The SMILES string of the molecule is CC(C)Cc1ccccc1-c1cccc2c1OCO2. The molecule has 0 unspecified atom stereocenters. The molecular formula is C17H18O2. The summed E-state index contributed by atoms with van der Waals surface area (Å²) in [6, 6.07) is 14.6. The molecule has 0 atom stereocenters. The van der Waals surface area contributed by atoms with E-state index in [1.54, 1.807) is 0 Å². The van der Waals surface area contributed by atoms with Crippen LogP contribution in [0.1, 0.15) is 19.4 Å². The van der Waals surface area contributed by atoms with Crippen molar-refractivity contribution >= 4 is 0 Å². The van der Waals surface area contributed by atoms with Crippen LogP contribution in [0.2, 0.25) is 0 Å². The maximum Gasteiger partial charge on any atom is 0.231 e. The van der Waals surface area contributed by atoms with Gasteiger partial charge in [0.2, 0.25) is 6.79 Å². The van der Waals surface area contributed by atoms with Gasteiger partial charge in [-0.25, -0.2) is 0 Å². The minimum absolute atomic E-state index is 0.318. The molecule has 0 spiro atoms. The minimum Gasteiger partial charge on any atom is -0.454 e. The van der Waals surface area contributed by atoms with E-state index < -0.39 is 0 Å². The number of rotatable bonds is 3. The highest BCUT2D eigenvalue weighted by Gasteiger charge is 2.19. The van der Waals surface area contributed by atoms with Gasteiger partial charge in [0.25, 0.3) is 0 Å². The molecule has 98 valence electrons. The van der Waals surface area contributed by atoms with Crippen LogP contribution in [0.5, 0.6) is 11.5 Å². The number of fused-ring (bicyclic) bond motifs is 1. The Bertz CT molecular complexity index is 588. The van der Waals surface area contributed by atoms with Gasteiger partial charge in [0, 0.05) is 5.56 Å². The highest BCUT2D eigenvalue weighted by molar-refractivity contribution is 5.76. The summed E-state index contributed by atoms with van der Waals surface area (Å²) < 4.78 is 11.1. The van der Waals surface area contributed by atoms with E-state index in [1.165, 1.54) is 11.1 Å². The molecule has 0 saturated heterocycles. The molecule has 0 aromatic heterocycles. The van der Waals surface area contributed by atoms with E-state index >= 15 is 0 Å². The smallest absolute Gasteiger partial charge is 0.231 e. The summed E-state index contributed by atoms with van der Waals surface area (Å²) >= 11 is 0. The molecule has 0 amide bonds. The van der Waals surface area contributed by atoms with Crippen LogP contribution in [0, 0.1) is 5.92 Å². The van der Waals surface area contributed by atoms with Crippen molar-refractivity contribution in [2.24, 2.45) is 5.92 Å². The number of hydrogen-bond acceptors (Lipinski definition) is 2. The van der Waals surface area contributed by atoms with Gasteiger partial charge in [-0.05, 0) is 29.5 Å². The lowest BCUT2D eigenvalue weighted by atomic mass is 9.93. The van der Waals surface area contributed by atoms with Gasteiger partial charge in [0.1, 0.15) is 0 Å². The Morgan fingerprint density at radius 1 is 0.947 bits per heavy atom. The highest BCUT2D eigenvalue weighted by Crippen LogP contribution is 2.42. The zero-order valence-electron chi connectivity index (χ0n) is 11.3. The molecule has 0 fully saturated rings. The molecule has 1 aliphatic heterocycles. The first kappa shape index (κ1) is 12.1. The molecule has 2 aromatic carbocycles. The molecule has 0 N–H and O–H groups in total. The summed E-state index contributed by atoms with van der Waals surface area (Å²) in [5.41, 5.74) is 3.74. The lowest BCUT2D eigenvalue weighted by molar-refractivity contribution is 0.174. The molecule has 2 heteroatoms. The van der Waals surface area contributed by atoms with Crippen LogP contribution in [0.3, 0.4) is 0 Å². The average Bonchev–Trinajstić information content (AvgIpc) is 2.87. The maximum atomic E-state index is 5.62. The normalized spacial score (nSPS) is 13.0. The fraction of sp³-hybridized carbons (Fsp3) is 0.294. The predicted molar refractivity (Wildman–Crippen MR) is 76.5 cm³/mol. The van der Waals surface area contributed by atoms with Gasteiger partial charge in [-0.3, -0.25) is 0 Å². The van der Waals surface area contributed by atoms with Crippen LogP contribution in [-0.4, -0.2) is 6.79 Å². The molecule has 2 aromatic rings. The Labute approximate surface area is 114 Å². The maximum absolute atomic E-state index is 5.62. The molecular weight excluding hydrogens is 236 g/mol. The van der Waals surface area contributed by atoms with Gasteiger partial charge in [-0.15, -0.1) is 0 Å². The Balaban J connectivity index is 2.10. The van der Waals surface area contributed by atoms with Crippen molar-refractivity contribution in [1.29, 1.82) is 0 Å². The first-order valence-electron chi connectivity index (χ1n) is 6.72. The molecule has 1 aliphatic rings. The average molecular weight is 254 g/mol. The molecule has 3 rings (SSSR count). The van der Waals surface area contributed by atoms with E-state index in [-0.39, 0.29) is 0 Å². The molecule has 0 bridgehead atoms. The van der Waals surface area contributed by atoms with Crippen molar-refractivity contribution in [3.8, 4) is 22.6 Å². The number of ether oxygens (including phenoxy) is 2. The van der Waals surface area contributed by atoms with E-state index in [2.05, 4.69) is 44.2 Å². The van der Waals surface area contributed by atoms with E-state index in [4.69, 9.17) is 9.47 Å². The van der Waals surface area contributed by atoms with Crippen LogP contribution in [0.25, 0.3) is 11.1 Å². The quantitative estimate of drug-likeness (QED) is 0.814. The summed E-state index contributed by atoms with van der Waals surface area (Å²) in [6.45, 7) is 4.80. The monoisotopic (exact) mass is 254 g/mol. The molecule has 0 aliphatic carbocycles. The Morgan fingerprint density at radius 2 is 1.74 bits per heavy atom. The number of para-hydroxylation sites is 1. The van der Waals surface area contributed by atoms with E-state index in [1.807, 2.05) is 12.1 Å². The fourth-order valence-corrected chi connectivity index (χ4v) is 2.54. The van der Waals surface area contributed by atoms with Crippen LogP contribution in [-0.2, 0) is 6.42 Å². The van der Waals surface area contributed by atoms with Crippen LogP contribution in [0.15, 0.2) is 42.5 Å². The third-order valence-electron chi connectivity index (χ3n) is 3.33. The Kier molecular flexibility index (Phi) is 3.16. The second-order valence-electron chi connectivity index (χ2n) is 5.29. The third kappa shape index (κ3) is 2.30. The van der Waals surface area contributed by atoms with E-state index in [9.17, 15) is 0 Å². The van der Waals surface area contributed by atoms with Gasteiger partial charge in [-0.1, -0.05) is 50.2 Å². The van der Waals surface area contributed by atoms with Crippen molar-refractivity contribution in [2.45, 2.75) is 20.3 Å². The van der Waals surface area contributed by atoms with Gasteiger partial charge in [0.15, 0.2) is 11.5 Å². The Hall–Kier alpha value is -1.96. The van der Waals surface area contributed by atoms with Crippen molar-refractivity contribution in [3.63, 3.8) is 0 Å². The van der Waals surface area contributed by atoms with Crippen LogP contribution >= 0.6 is 0 Å². The summed E-state index contributed by atoms with van der Waals surface area (Å²) in [4.78, 5) is 0. The standard InChI is InChI=1S/C17H18O2/c1-12(2)10-13-6-3-4-7-14(13)15-8-5-9-16-17(15)19-11-18-16/h3-9,12H,10-11H2,1-2H3. The van der Waals surface area contributed by atoms with E-state index in [0.29, 0.717) is 12.7 Å². The third-order valence-corrected chi connectivity index (χ3v) is 3.33. The summed E-state index contributed by atoms with van der Waals surface area (Å²) in [5, 5.41) is 0. The fourth-order valence-electron chi connectivity index (χ4n) is 2.54. The van der Waals surface area contributed by atoms with Gasteiger partial charge in [0.05, 0.1) is 0 Å². The summed E-state index contributed by atoms with van der Waals surface area (Å²) in [7, 11) is 0. The van der Waals surface area contributed by atoms with Crippen LogP contribution < -0.4 is 9.47 Å². The van der Waals surface area contributed by atoms with E-state index in [0.717, 1.165) is 23.5 Å². The highest BCUT2D eigenvalue weighted by atomic mass is 16.7. The Morgan fingerprint density at radius 3 is 2.58 bits per heavy atom. The summed E-state index contributed by atoms with van der Waals surface area (Å²) in [5.74, 6) is 2.35. The van der Waals surface area contributed by atoms with Crippen molar-refractivity contribution in [3.05, 3.63) is 48.0 Å².